The summed E-state index contributed by atoms with van der Waals surface area (Å²) in [6.45, 7) is 5.77. The Balaban J connectivity index is 2.24. The van der Waals surface area contributed by atoms with E-state index in [0.29, 0.717) is 0 Å². The van der Waals surface area contributed by atoms with E-state index in [0.717, 1.165) is 26.3 Å². The van der Waals surface area contributed by atoms with E-state index in [-0.39, 0.29) is 0 Å². The number of morpholine rings is 1. The van der Waals surface area contributed by atoms with E-state index in [2.05, 4.69) is 46.0 Å². The van der Waals surface area contributed by atoms with Crippen molar-refractivity contribution in [3.63, 3.8) is 0 Å². The molecule has 0 saturated carbocycles. The first-order valence-electron chi connectivity index (χ1n) is 4.86. The molecule has 3 heteroatoms. The van der Waals surface area contributed by atoms with Crippen molar-refractivity contribution in [2.45, 2.75) is 6.92 Å². The van der Waals surface area contributed by atoms with Gasteiger partial charge in [0.1, 0.15) is 0 Å². The molecule has 1 aromatic carbocycles. The SMILES string of the molecule is Cc1ccc(Br)c(N2CCOCC2)c1. The molecule has 2 nitrogen and oxygen atoms in total. The molecule has 0 aromatic heterocycles. The lowest BCUT2D eigenvalue weighted by Gasteiger charge is -2.29. The van der Waals surface area contributed by atoms with Gasteiger partial charge in [-0.1, -0.05) is 6.07 Å². The fourth-order valence-electron chi connectivity index (χ4n) is 1.67. The minimum atomic E-state index is 0.834. The molecule has 0 bridgehead atoms. The molecule has 0 aliphatic carbocycles. The molecule has 1 aromatic rings. The molecule has 0 amide bonds. The number of aryl methyl sites for hydroxylation is 1. The lowest BCUT2D eigenvalue weighted by molar-refractivity contribution is 0.122. The molecule has 14 heavy (non-hydrogen) atoms. The van der Waals surface area contributed by atoms with Gasteiger partial charge in [0.05, 0.1) is 18.9 Å². The van der Waals surface area contributed by atoms with Gasteiger partial charge in [0, 0.05) is 17.6 Å². The van der Waals surface area contributed by atoms with Gasteiger partial charge in [-0.15, -0.1) is 0 Å². The topological polar surface area (TPSA) is 12.5 Å². The van der Waals surface area contributed by atoms with Gasteiger partial charge in [-0.3, -0.25) is 0 Å². The van der Waals surface area contributed by atoms with Crippen molar-refractivity contribution in [2.75, 3.05) is 31.2 Å². The van der Waals surface area contributed by atoms with Crippen LogP contribution in [-0.4, -0.2) is 26.3 Å². The van der Waals surface area contributed by atoms with Crippen molar-refractivity contribution in [3.05, 3.63) is 28.2 Å². The Hall–Kier alpha value is -0.540. The molecule has 1 aliphatic heterocycles. The largest absolute Gasteiger partial charge is 0.378 e. The molecular weight excluding hydrogens is 242 g/mol. The molecule has 1 saturated heterocycles. The summed E-state index contributed by atoms with van der Waals surface area (Å²) in [7, 11) is 0. The highest BCUT2D eigenvalue weighted by atomic mass is 79.9. The summed E-state index contributed by atoms with van der Waals surface area (Å²) in [5, 5.41) is 0. The molecule has 0 radical (unpaired) electrons. The summed E-state index contributed by atoms with van der Waals surface area (Å²) in [6.07, 6.45) is 0. The number of rotatable bonds is 1. The summed E-state index contributed by atoms with van der Waals surface area (Å²) in [4.78, 5) is 2.36. The zero-order valence-electron chi connectivity index (χ0n) is 8.29. The maximum Gasteiger partial charge on any atom is 0.0642 e. The highest BCUT2D eigenvalue weighted by Crippen LogP contribution is 2.27. The Bertz CT molecular complexity index is 321. The van der Waals surface area contributed by atoms with Gasteiger partial charge in [0.2, 0.25) is 0 Å². The average Bonchev–Trinajstić information content (AvgIpc) is 2.23. The smallest absolute Gasteiger partial charge is 0.0642 e. The Morgan fingerprint density at radius 2 is 2.00 bits per heavy atom. The van der Waals surface area contributed by atoms with Crippen molar-refractivity contribution in [3.8, 4) is 0 Å². The van der Waals surface area contributed by atoms with Crippen LogP contribution in [0.2, 0.25) is 0 Å². The standard InChI is InChI=1S/C11H14BrNO/c1-9-2-3-10(12)11(8-9)13-4-6-14-7-5-13/h2-3,8H,4-7H2,1H3. The van der Waals surface area contributed by atoms with Gasteiger partial charge in [0.15, 0.2) is 0 Å². The summed E-state index contributed by atoms with van der Waals surface area (Å²) >= 11 is 3.58. The van der Waals surface area contributed by atoms with Crippen LogP contribution in [0, 0.1) is 6.92 Å². The molecule has 76 valence electrons. The van der Waals surface area contributed by atoms with E-state index in [1.54, 1.807) is 0 Å². The summed E-state index contributed by atoms with van der Waals surface area (Å²) in [5.74, 6) is 0. The second-order valence-corrected chi connectivity index (χ2v) is 4.41. The molecule has 1 heterocycles. The zero-order chi connectivity index (χ0) is 9.97. The number of ether oxygens (including phenoxy) is 1. The Kier molecular flexibility index (Phi) is 3.08. The minimum absolute atomic E-state index is 0.834. The van der Waals surface area contributed by atoms with Crippen LogP contribution in [0.15, 0.2) is 22.7 Å². The maximum atomic E-state index is 5.33. The number of hydrogen-bond donors (Lipinski definition) is 0. The van der Waals surface area contributed by atoms with Gasteiger partial charge in [-0.2, -0.15) is 0 Å². The monoisotopic (exact) mass is 255 g/mol. The van der Waals surface area contributed by atoms with Crippen molar-refractivity contribution < 1.29 is 4.74 Å². The number of benzene rings is 1. The van der Waals surface area contributed by atoms with E-state index in [4.69, 9.17) is 4.74 Å². The molecule has 2 rings (SSSR count). The lowest BCUT2D eigenvalue weighted by atomic mass is 10.2. The quantitative estimate of drug-likeness (QED) is 0.765. The lowest BCUT2D eigenvalue weighted by Crippen LogP contribution is -2.36. The Labute approximate surface area is 93.0 Å². The highest BCUT2D eigenvalue weighted by Gasteiger charge is 2.13. The third-order valence-corrected chi connectivity index (χ3v) is 3.12. The first-order valence-corrected chi connectivity index (χ1v) is 5.65. The highest BCUT2D eigenvalue weighted by molar-refractivity contribution is 9.10. The van der Waals surface area contributed by atoms with Gasteiger partial charge in [-0.05, 0) is 40.5 Å². The average molecular weight is 256 g/mol. The fourth-order valence-corrected chi connectivity index (χ4v) is 2.17. The van der Waals surface area contributed by atoms with Gasteiger partial charge < -0.3 is 9.64 Å². The Morgan fingerprint density at radius 3 is 2.71 bits per heavy atom. The predicted octanol–water partition coefficient (Wildman–Crippen LogP) is 2.59. The molecular formula is C11H14BrNO. The maximum absolute atomic E-state index is 5.33. The fraction of sp³-hybridized carbons (Fsp3) is 0.455. The number of nitrogens with zero attached hydrogens (tertiary/aromatic N) is 1. The van der Waals surface area contributed by atoms with Crippen LogP contribution < -0.4 is 4.90 Å². The summed E-state index contributed by atoms with van der Waals surface area (Å²) in [5.41, 5.74) is 2.59. The van der Waals surface area contributed by atoms with Crippen molar-refractivity contribution in [2.24, 2.45) is 0 Å². The van der Waals surface area contributed by atoms with Crippen molar-refractivity contribution in [1.82, 2.24) is 0 Å². The summed E-state index contributed by atoms with van der Waals surface area (Å²) < 4.78 is 6.51. The van der Waals surface area contributed by atoms with E-state index in [9.17, 15) is 0 Å². The van der Waals surface area contributed by atoms with Crippen LogP contribution in [-0.2, 0) is 4.74 Å². The van der Waals surface area contributed by atoms with Gasteiger partial charge in [-0.25, -0.2) is 0 Å². The summed E-state index contributed by atoms with van der Waals surface area (Å²) in [6, 6.07) is 6.45. The van der Waals surface area contributed by atoms with E-state index < -0.39 is 0 Å². The van der Waals surface area contributed by atoms with Crippen LogP contribution in [0.4, 0.5) is 5.69 Å². The number of halogens is 1. The van der Waals surface area contributed by atoms with E-state index >= 15 is 0 Å². The van der Waals surface area contributed by atoms with E-state index in [1.807, 2.05) is 0 Å². The third kappa shape index (κ3) is 2.10. The Morgan fingerprint density at radius 1 is 1.29 bits per heavy atom. The molecule has 0 N–H and O–H groups in total. The van der Waals surface area contributed by atoms with Gasteiger partial charge in [0.25, 0.3) is 0 Å². The number of hydrogen-bond acceptors (Lipinski definition) is 2. The molecule has 0 unspecified atom stereocenters. The number of anilines is 1. The molecule has 1 fully saturated rings. The third-order valence-electron chi connectivity index (χ3n) is 2.45. The van der Waals surface area contributed by atoms with Gasteiger partial charge >= 0.3 is 0 Å². The van der Waals surface area contributed by atoms with Crippen LogP contribution in [0.1, 0.15) is 5.56 Å². The first-order chi connectivity index (χ1) is 6.77. The van der Waals surface area contributed by atoms with Crippen molar-refractivity contribution in [1.29, 1.82) is 0 Å². The second kappa shape index (κ2) is 4.32. The van der Waals surface area contributed by atoms with E-state index in [1.165, 1.54) is 15.7 Å². The molecule has 0 spiro atoms. The second-order valence-electron chi connectivity index (χ2n) is 3.55. The zero-order valence-corrected chi connectivity index (χ0v) is 9.88. The van der Waals surface area contributed by atoms with Crippen LogP contribution in [0.3, 0.4) is 0 Å². The first kappa shape index (κ1) is 9.99. The molecule has 1 aliphatic rings. The molecule has 0 atom stereocenters. The van der Waals surface area contributed by atoms with Crippen LogP contribution in [0.5, 0.6) is 0 Å². The normalized spacial score (nSPS) is 17.1. The minimum Gasteiger partial charge on any atom is -0.378 e. The predicted molar refractivity (Wildman–Crippen MR) is 61.9 cm³/mol. The van der Waals surface area contributed by atoms with Crippen LogP contribution in [0.25, 0.3) is 0 Å². The van der Waals surface area contributed by atoms with Crippen LogP contribution >= 0.6 is 15.9 Å². The van der Waals surface area contributed by atoms with Crippen molar-refractivity contribution >= 4 is 21.6 Å².